The van der Waals surface area contributed by atoms with E-state index in [1.54, 1.807) is 18.5 Å². The lowest BCUT2D eigenvalue weighted by Gasteiger charge is -2.33. The number of benzene rings is 3. The maximum absolute atomic E-state index is 15.2. The third-order valence-corrected chi connectivity index (χ3v) is 11.5. The molecule has 0 bridgehead atoms. The Balaban J connectivity index is 0.875. The van der Waals surface area contributed by atoms with Gasteiger partial charge in [-0.15, -0.1) is 0 Å². The van der Waals surface area contributed by atoms with E-state index < -0.39 is 34.6 Å². The van der Waals surface area contributed by atoms with Crippen molar-refractivity contribution >= 4 is 45.8 Å². The Labute approximate surface area is 319 Å². The largest absolute Gasteiger partial charge is 0.355 e. The van der Waals surface area contributed by atoms with Gasteiger partial charge in [0.2, 0.25) is 11.8 Å². The number of hydrogen-bond donors (Lipinski definition) is 0. The van der Waals surface area contributed by atoms with Crippen LogP contribution in [0, 0.1) is 11.6 Å². The van der Waals surface area contributed by atoms with Gasteiger partial charge in [-0.3, -0.25) is 28.6 Å². The third kappa shape index (κ3) is 5.88. The normalized spacial score (nSPS) is 16.9. The van der Waals surface area contributed by atoms with Gasteiger partial charge in [-0.1, -0.05) is 29.8 Å². The predicted octanol–water partition coefficient (Wildman–Crippen LogP) is 7.09. The van der Waals surface area contributed by atoms with Crippen molar-refractivity contribution in [2.24, 2.45) is 0 Å². The summed E-state index contributed by atoms with van der Waals surface area (Å²) in [5, 5.41) is 5.37. The molecule has 2 amide bonds. The molecule has 6 aromatic rings. The molecule has 3 aliphatic rings. The molecule has 3 aromatic carbocycles. The van der Waals surface area contributed by atoms with Crippen LogP contribution in [-0.2, 0) is 21.5 Å². The Morgan fingerprint density at radius 3 is 2.35 bits per heavy atom. The SMILES string of the molecule is CC1(C)c2ccc(-c3cnn(Cc4cnc(N5CCC(c6cc(F)c(N7C(=O)CCCC7=O)c(F)c6)CC5)cn4)c3)cc2-n2c1nc(=O)c1c(Cl)cccc12. The van der Waals surface area contributed by atoms with Crippen LogP contribution in [0.3, 0.4) is 0 Å². The second kappa shape index (κ2) is 13.2. The number of carbonyl (C=O) groups excluding carboxylic acids is 2. The van der Waals surface area contributed by atoms with Crippen LogP contribution in [0.2, 0.25) is 5.02 Å². The van der Waals surface area contributed by atoms with Gasteiger partial charge in [0.05, 0.1) is 57.9 Å². The number of piperidine rings is 2. The molecule has 6 heterocycles. The molecule has 14 heteroatoms. The van der Waals surface area contributed by atoms with Crippen molar-refractivity contribution < 1.29 is 18.4 Å². The number of imide groups is 1. The number of hydrogen-bond acceptors (Lipinski definition) is 8. The number of fused-ring (bicyclic) bond motifs is 5. The molecule has 3 aliphatic heterocycles. The van der Waals surface area contributed by atoms with E-state index in [4.69, 9.17) is 11.6 Å². The summed E-state index contributed by atoms with van der Waals surface area (Å²) in [7, 11) is 0. The van der Waals surface area contributed by atoms with Crippen molar-refractivity contribution in [3.05, 3.63) is 123 Å². The third-order valence-electron chi connectivity index (χ3n) is 11.2. The number of halogens is 3. The second-order valence-corrected chi connectivity index (χ2v) is 15.3. The molecule has 0 saturated carbocycles. The fraction of sp³-hybridized carbons (Fsp3) is 0.293. The summed E-state index contributed by atoms with van der Waals surface area (Å²) < 4.78 is 34.2. The van der Waals surface area contributed by atoms with Crippen LogP contribution in [0.1, 0.15) is 74.5 Å². The minimum atomic E-state index is -0.898. The summed E-state index contributed by atoms with van der Waals surface area (Å²) >= 11 is 6.46. The monoisotopic (exact) mass is 760 g/mol. The first-order chi connectivity index (χ1) is 26.5. The molecule has 278 valence electrons. The Kier molecular flexibility index (Phi) is 8.37. The lowest BCUT2D eigenvalue weighted by molar-refractivity contribution is -0.129. The van der Waals surface area contributed by atoms with E-state index in [1.165, 1.54) is 12.1 Å². The molecular weight excluding hydrogens is 726 g/mol. The highest BCUT2D eigenvalue weighted by molar-refractivity contribution is 6.35. The maximum Gasteiger partial charge on any atom is 0.282 e. The Bertz CT molecular complexity index is 2570. The number of anilines is 2. The fourth-order valence-electron chi connectivity index (χ4n) is 8.27. The Morgan fingerprint density at radius 2 is 1.64 bits per heavy atom. The first kappa shape index (κ1) is 34.9. The number of rotatable bonds is 6. The molecular formula is C41H35ClF2N8O3. The molecule has 55 heavy (non-hydrogen) atoms. The second-order valence-electron chi connectivity index (χ2n) is 14.9. The number of aromatic nitrogens is 6. The summed E-state index contributed by atoms with van der Waals surface area (Å²) in [5.41, 5.74) is 4.44. The molecule has 11 nitrogen and oxygen atoms in total. The van der Waals surface area contributed by atoms with E-state index >= 15 is 8.78 Å². The predicted molar refractivity (Wildman–Crippen MR) is 204 cm³/mol. The highest BCUT2D eigenvalue weighted by Crippen LogP contribution is 2.44. The van der Waals surface area contributed by atoms with Gasteiger partial charge in [-0.2, -0.15) is 10.1 Å². The van der Waals surface area contributed by atoms with Gasteiger partial charge < -0.3 is 4.90 Å². The highest BCUT2D eigenvalue weighted by Gasteiger charge is 2.39. The van der Waals surface area contributed by atoms with Crippen LogP contribution in [0.15, 0.2) is 78.1 Å². The maximum atomic E-state index is 15.2. The summed E-state index contributed by atoms with van der Waals surface area (Å²) in [6, 6.07) is 14.2. The van der Waals surface area contributed by atoms with Crippen LogP contribution < -0.4 is 15.4 Å². The van der Waals surface area contributed by atoms with E-state index in [1.807, 2.05) is 33.8 Å². The minimum Gasteiger partial charge on any atom is -0.355 e. The lowest BCUT2D eigenvalue weighted by Crippen LogP contribution is -2.41. The molecule has 2 fully saturated rings. The quantitative estimate of drug-likeness (QED) is 0.165. The molecule has 0 atom stereocenters. The van der Waals surface area contributed by atoms with Gasteiger partial charge in [0.25, 0.3) is 5.56 Å². The number of amides is 2. The van der Waals surface area contributed by atoms with Gasteiger partial charge in [0, 0.05) is 37.7 Å². The van der Waals surface area contributed by atoms with Gasteiger partial charge in [0.15, 0.2) is 11.6 Å². The molecule has 0 radical (unpaired) electrons. The van der Waals surface area contributed by atoms with Crippen molar-refractivity contribution in [2.75, 3.05) is 22.9 Å². The Hall–Kier alpha value is -5.82. The van der Waals surface area contributed by atoms with E-state index in [0.717, 1.165) is 33.6 Å². The van der Waals surface area contributed by atoms with Crippen molar-refractivity contribution in [1.29, 1.82) is 0 Å². The molecule has 3 aromatic heterocycles. The van der Waals surface area contributed by atoms with Gasteiger partial charge >= 0.3 is 0 Å². The average molecular weight is 761 g/mol. The zero-order chi connectivity index (χ0) is 38.2. The van der Waals surface area contributed by atoms with Gasteiger partial charge in [0.1, 0.15) is 17.3 Å². The van der Waals surface area contributed by atoms with Crippen LogP contribution >= 0.6 is 11.6 Å². The number of carbonyl (C=O) groups is 2. The summed E-state index contributed by atoms with van der Waals surface area (Å²) in [6.45, 7) is 5.78. The molecule has 2 saturated heterocycles. The lowest BCUT2D eigenvalue weighted by atomic mass is 9.85. The summed E-state index contributed by atoms with van der Waals surface area (Å²) in [5.74, 6) is -1.66. The highest BCUT2D eigenvalue weighted by atomic mass is 35.5. The molecule has 0 unspecified atom stereocenters. The van der Waals surface area contributed by atoms with Crippen molar-refractivity contribution in [3.63, 3.8) is 0 Å². The zero-order valence-corrected chi connectivity index (χ0v) is 30.9. The summed E-state index contributed by atoms with van der Waals surface area (Å²) in [4.78, 5) is 54.2. The minimum absolute atomic E-state index is 0.0864. The molecule has 0 N–H and O–H groups in total. The topological polar surface area (TPSA) is 119 Å². The summed E-state index contributed by atoms with van der Waals surface area (Å²) in [6.07, 6.45) is 9.08. The molecule has 9 rings (SSSR count). The van der Waals surface area contributed by atoms with E-state index in [-0.39, 0.29) is 24.3 Å². The first-order valence-electron chi connectivity index (χ1n) is 18.3. The smallest absolute Gasteiger partial charge is 0.282 e. The van der Waals surface area contributed by atoms with Crippen LogP contribution in [0.25, 0.3) is 27.7 Å². The Morgan fingerprint density at radius 1 is 0.891 bits per heavy atom. The zero-order valence-electron chi connectivity index (χ0n) is 30.1. The van der Waals surface area contributed by atoms with E-state index in [9.17, 15) is 14.4 Å². The fourth-order valence-corrected chi connectivity index (χ4v) is 8.52. The first-order valence-corrected chi connectivity index (χ1v) is 18.7. The van der Waals surface area contributed by atoms with Gasteiger partial charge in [-0.05, 0) is 86.1 Å². The molecule has 0 aliphatic carbocycles. The van der Waals surface area contributed by atoms with Crippen LogP contribution in [0.4, 0.5) is 20.3 Å². The number of nitrogens with zero attached hydrogens (tertiary/aromatic N) is 8. The van der Waals surface area contributed by atoms with E-state index in [0.29, 0.717) is 71.4 Å². The standard InChI is InChI=1S/C41H35ClF2N8O3/c1-41(2)28-10-9-24(17-33(28)51-32-6-3-5-29(42)37(32)39(55)48-40(41)51)26-18-47-50(21-26)22-27-19-46-34(20-45-27)49-13-11-23(12-14-49)25-15-30(43)38(31(44)16-25)52-35(53)7-4-8-36(52)54/h3,5-6,9-10,15-21,23H,4,7-8,11-14,22H2,1-2H3. The van der Waals surface area contributed by atoms with Gasteiger partial charge in [-0.25, -0.2) is 18.7 Å². The van der Waals surface area contributed by atoms with Crippen LogP contribution in [0.5, 0.6) is 0 Å². The van der Waals surface area contributed by atoms with E-state index in [2.05, 4.69) is 57.0 Å². The van der Waals surface area contributed by atoms with Crippen molar-refractivity contribution in [3.8, 4) is 16.8 Å². The molecule has 0 spiro atoms. The van der Waals surface area contributed by atoms with Crippen molar-refractivity contribution in [2.45, 2.75) is 63.8 Å². The van der Waals surface area contributed by atoms with Crippen LogP contribution in [-0.4, -0.2) is 54.2 Å². The average Bonchev–Trinajstić information content (AvgIpc) is 3.72. The van der Waals surface area contributed by atoms with Crippen molar-refractivity contribution in [1.82, 2.24) is 29.3 Å².